The Morgan fingerprint density at radius 1 is 0.892 bits per heavy atom. The molecule has 330 valence electrons. The fourth-order valence-corrected chi connectivity index (χ4v) is 9.80. The summed E-state index contributed by atoms with van der Waals surface area (Å²) in [6, 6.07) is 21.8. The van der Waals surface area contributed by atoms with E-state index in [9.17, 15) is 24.0 Å². The van der Waals surface area contributed by atoms with Crippen LogP contribution in [0.2, 0.25) is 5.02 Å². The predicted octanol–water partition coefficient (Wildman–Crippen LogP) is 6.34. The van der Waals surface area contributed by atoms with Crippen LogP contribution in [0, 0.1) is 0 Å². The van der Waals surface area contributed by atoms with E-state index in [-0.39, 0.29) is 42.7 Å². The minimum atomic E-state index is -0.714. The molecule has 10 rings (SSSR count). The molecule has 0 saturated carbocycles. The number of amides is 4. The smallest absolute Gasteiger partial charge is 0.278 e. The van der Waals surface area contributed by atoms with Crippen LogP contribution in [0.4, 0.5) is 28.7 Å². The number of piperidine rings is 1. The topological polar surface area (TPSA) is 180 Å². The molecule has 1 aliphatic carbocycles. The normalized spacial score (nSPS) is 18.2. The minimum absolute atomic E-state index is 0.176. The number of carbonyl (C=O) groups is 4. The summed E-state index contributed by atoms with van der Waals surface area (Å²) in [5.41, 5.74) is 7.38. The van der Waals surface area contributed by atoms with Crippen LogP contribution in [0.15, 0.2) is 96.4 Å². The average Bonchev–Trinajstić information content (AvgIpc) is 3.96. The number of carbonyl (C=O) groups excluding carboxylic acids is 4. The number of benzene rings is 3. The van der Waals surface area contributed by atoms with Gasteiger partial charge in [-0.25, -0.2) is 19.3 Å². The van der Waals surface area contributed by atoms with E-state index >= 15 is 0 Å². The van der Waals surface area contributed by atoms with Crippen LogP contribution >= 0.6 is 11.6 Å². The Morgan fingerprint density at radius 3 is 2.43 bits per heavy atom. The average molecular weight is 892 g/mol. The number of pyridine rings is 1. The number of nitrogens with one attached hydrogen (secondary N) is 3. The van der Waals surface area contributed by atoms with Crippen molar-refractivity contribution in [1.82, 2.24) is 34.5 Å². The van der Waals surface area contributed by atoms with E-state index in [4.69, 9.17) is 21.6 Å². The molecule has 6 aromatic rings. The molecule has 4 amide bonds. The SMILES string of the molecule is C=CCn1c(=O)c2cnc(Nc3ccc(N4CCN(c5ccc(C(=O)Nc6ccc7c(c6)CN(C6CCC(=O)NC6=O)C7=O)cc5Cl)CC4)cc3)nc2n1-c1ccc2c(n1)C(CC)CC2. The number of allylic oxidation sites excluding steroid dienone is 1. The molecule has 2 atom stereocenters. The summed E-state index contributed by atoms with van der Waals surface area (Å²) in [4.78, 5) is 84.4. The van der Waals surface area contributed by atoms with E-state index in [0.717, 1.165) is 55.1 Å². The zero-order valence-corrected chi connectivity index (χ0v) is 36.5. The van der Waals surface area contributed by atoms with Crippen LogP contribution in [-0.4, -0.2) is 85.1 Å². The molecule has 2 saturated heterocycles. The number of hydrogen-bond donors (Lipinski definition) is 3. The molecule has 3 aromatic carbocycles. The van der Waals surface area contributed by atoms with E-state index in [0.29, 0.717) is 75.8 Å². The van der Waals surface area contributed by atoms with Crippen molar-refractivity contribution in [3.8, 4) is 5.82 Å². The van der Waals surface area contributed by atoms with Crippen LogP contribution in [-0.2, 0) is 29.1 Å². The van der Waals surface area contributed by atoms with Crippen molar-refractivity contribution in [2.24, 2.45) is 0 Å². The number of nitrogens with zero attached hydrogens (tertiary/aromatic N) is 8. The number of rotatable bonds is 11. The van der Waals surface area contributed by atoms with E-state index in [2.05, 4.69) is 62.4 Å². The van der Waals surface area contributed by atoms with Gasteiger partial charge in [0.2, 0.25) is 17.8 Å². The van der Waals surface area contributed by atoms with Crippen molar-refractivity contribution >= 4 is 75.0 Å². The van der Waals surface area contributed by atoms with Gasteiger partial charge in [0.1, 0.15) is 11.4 Å². The maximum atomic E-state index is 13.5. The second kappa shape index (κ2) is 17.0. The molecule has 0 spiro atoms. The van der Waals surface area contributed by atoms with Gasteiger partial charge < -0.3 is 25.3 Å². The monoisotopic (exact) mass is 891 g/mol. The lowest BCUT2D eigenvalue weighted by Crippen LogP contribution is -2.52. The van der Waals surface area contributed by atoms with Gasteiger partial charge in [-0.1, -0.05) is 30.7 Å². The number of fused-ring (bicyclic) bond motifs is 3. The summed E-state index contributed by atoms with van der Waals surface area (Å²) in [7, 11) is 0. The van der Waals surface area contributed by atoms with E-state index < -0.39 is 11.9 Å². The quantitative estimate of drug-likeness (QED) is 0.0977. The van der Waals surface area contributed by atoms with E-state index in [1.165, 1.54) is 10.5 Å². The first-order chi connectivity index (χ1) is 31.6. The summed E-state index contributed by atoms with van der Waals surface area (Å²) in [5.74, 6) is -0.0334. The van der Waals surface area contributed by atoms with Crippen molar-refractivity contribution in [3.05, 3.63) is 135 Å². The van der Waals surface area contributed by atoms with Gasteiger partial charge in [-0.05, 0) is 104 Å². The fourth-order valence-electron chi connectivity index (χ4n) is 9.50. The van der Waals surface area contributed by atoms with Crippen LogP contribution < -0.4 is 31.3 Å². The number of anilines is 5. The second-order valence-electron chi connectivity index (χ2n) is 16.8. The fraction of sp³-hybridized carbons (Fsp3) is 0.292. The zero-order valence-electron chi connectivity index (χ0n) is 35.7. The summed E-state index contributed by atoms with van der Waals surface area (Å²) in [6.07, 6.45) is 6.81. The number of imide groups is 1. The lowest BCUT2D eigenvalue weighted by molar-refractivity contribution is -0.136. The van der Waals surface area contributed by atoms with Crippen molar-refractivity contribution in [2.45, 2.75) is 64.1 Å². The summed E-state index contributed by atoms with van der Waals surface area (Å²) in [6.45, 7) is 9.50. The van der Waals surface area contributed by atoms with Crippen LogP contribution in [0.5, 0.6) is 0 Å². The highest BCUT2D eigenvalue weighted by Crippen LogP contribution is 2.35. The van der Waals surface area contributed by atoms with Gasteiger partial charge in [-0.15, -0.1) is 6.58 Å². The van der Waals surface area contributed by atoms with E-state index in [1.807, 2.05) is 24.3 Å². The van der Waals surface area contributed by atoms with Crippen LogP contribution in [0.25, 0.3) is 16.9 Å². The summed E-state index contributed by atoms with van der Waals surface area (Å²) < 4.78 is 3.38. The van der Waals surface area contributed by atoms with Crippen molar-refractivity contribution < 1.29 is 19.2 Å². The molecular weight excluding hydrogens is 846 g/mol. The lowest BCUT2D eigenvalue weighted by Gasteiger charge is -2.37. The molecule has 4 aliphatic rings. The van der Waals surface area contributed by atoms with Crippen LogP contribution in [0.1, 0.15) is 76.1 Å². The Bertz CT molecular complexity index is 2990. The standard InChI is InChI=1S/C48H46ClN11O5/c1-3-19-59-47(65)36-26-50-48(55-43(36)60(59)40-17-8-29-6-5-28(4-2)42(29)53-40)52-32-9-12-34(13-10-32)56-20-22-57(23-21-56)38-15-7-30(25-37(38)49)44(62)51-33-11-14-35-31(24-33)27-58(46(35)64)39-16-18-41(61)54-45(39)63/h3,7-15,17,24-26,28,39H,1,4-6,16,18-23,27H2,2H3,(H,51,62)(H,50,52,55)(H,54,61,63). The van der Waals surface area contributed by atoms with Gasteiger partial charge in [0.05, 0.1) is 17.3 Å². The maximum absolute atomic E-state index is 13.5. The Morgan fingerprint density at radius 2 is 1.68 bits per heavy atom. The van der Waals surface area contributed by atoms with Gasteiger partial charge in [0.15, 0.2) is 11.5 Å². The minimum Gasteiger partial charge on any atom is -0.368 e. The number of hydrogen-bond acceptors (Lipinski definition) is 11. The molecule has 17 heteroatoms. The zero-order chi connectivity index (χ0) is 44.9. The molecule has 0 radical (unpaired) electrons. The Labute approximate surface area is 378 Å². The molecule has 3 aliphatic heterocycles. The van der Waals surface area contributed by atoms with Gasteiger partial charge in [-0.3, -0.25) is 29.3 Å². The lowest BCUT2D eigenvalue weighted by atomic mass is 10.0. The van der Waals surface area contributed by atoms with Gasteiger partial charge in [0, 0.05) is 85.1 Å². The third-order valence-corrected chi connectivity index (χ3v) is 13.2. The molecule has 3 aromatic heterocycles. The number of aryl methyl sites for hydroxylation is 1. The van der Waals surface area contributed by atoms with Gasteiger partial charge in [-0.2, -0.15) is 4.98 Å². The van der Waals surface area contributed by atoms with Gasteiger partial charge in [0.25, 0.3) is 17.4 Å². The third-order valence-electron chi connectivity index (χ3n) is 12.9. The molecule has 2 fully saturated rings. The first kappa shape index (κ1) is 41.7. The number of piperazine rings is 1. The molecule has 65 heavy (non-hydrogen) atoms. The highest BCUT2D eigenvalue weighted by Gasteiger charge is 2.39. The summed E-state index contributed by atoms with van der Waals surface area (Å²) >= 11 is 6.80. The van der Waals surface area contributed by atoms with Gasteiger partial charge >= 0.3 is 0 Å². The maximum Gasteiger partial charge on any atom is 0.278 e. The highest BCUT2D eigenvalue weighted by molar-refractivity contribution is 6.33. The highest BCUT2D eigenvalue weighted by atomic mass is 35.5. The predicted molar refractivity (Wildman–Crippen MR) is 249 cm³/mol. The first-order valence-corrected chi connectivity index (χ1v) is 22.3. The van der Waals surface area contributed by atoms with Crippen molar-refractivity contribution in [2.75, 3.05) is 46.6 Å². The second-order valence-corrected chi connectivity index (χ2v) is 17.2. The first-order valence-electron chi connectivity index (χ1n) is 21.9. The third kappa shape index (κ3) is 7.77. The van der Waals surface area contributed by atoms with Crippen LogP contribution in [0.3, 0.4) is 0 Å². The Balaban J connectivity index is 0.766. The largest absolute Gasteiger partial charge is 0.368 e. The number of aromatic nitrogens is 5. The number of halogens is 1. The van der Waals surface area contributed by atoms with Crippen molar-refractivity contribution in [3.63, 3.8) is 0 Å². The molecule has 16 nitrogen and oxygen atoms in total. The molecular formula is C48H46ClN11O5. The Kier molecular flexibility index (Phi) is 10.9. The molecule has 6 heterocycles. The van der Waals surface area contributed by atoms with Crippen molar-refractivity contribution in [1.29, 1.82) is 0 Å². The Hall–Kier alpha value is -7.33. The molecule has 0 bridgehead atoms. The van der Waals surface area contributed by atoms with E-state index in [1.54, 1.807) is 52.0 Å². The molecule has 2 unspecified atom stereocenters. The molecule has 3 N–H and O–H groups in total. The summed E-state index contributed by atoms with van der Waals surface area (Å²) in [5, 5.41) is 9.41.